The topological polar surface area (TPSA) is 71.1 Å². The highest BCUT2D eigenvalue weighted by Crippen LogP contribution is 2.30. The zero-order valence-corrected chi connectivity index (χ0v) is 26.3. The van der Waals surface area contributed by atoms with Gasteiger partial charge in [0.2, 0.25) is 0 Å². The number of rotatable bonds is 8. The standard InChI is InChI=1S/C38H41N3O4/c1-38(2,3)45-37(43)41(25-31-23-30-12-6-7-13-33(30)35-15-9-8-14-34(31)35)20-21-44-36(42)39-32-18-19-40(26-32)24-27-16-17-28-10-4-5-11-29(28)22-27/h4-17,22-23,32H,18-21,24-26H2,1-3H3,(H,39,42). The summed E-state index contributed by atoms with van der Waals surface area (Å²) in [4.78, 5) is 30.1. The average Bonchev–Trinajstić information content (AvgIpc) is 3.45. The molecular weight excluding hydrogens is 562 g/mol. The zero-order chi connectivity index (χ0) is 31.4. The molecule has 1 unspecified atom stereocenters. The van der Waals surface area contributed by atoms with Gasteiger partial charge in [-0.1, -0.05) is 84.9 Å². The summed E-state index contributed by atoms with van der Waals surface area (Å²) in [7, 11) is 0. The van der Waals surface area contributed by atoms with Gasteiger partial charge in [-0.15, -0.1) is 0 Å². The highest BCUT2D eigenvalue weighted by molar-refractivity contribution is 6.09. The molecule has 5 aromatic rings. The Kier molecular flexibility index (Phi) is 8.90. The van der Waals surface area contributed by atoms with Gasteiger partial charge in [0.05, 0.1) is 6.54 Å². The summed E-state index contributed by atoms with van der Waals surface area (Å²) in [5.41, 5.74) is 1.62. The third-order valence-corrected chi connectivity index (χ3v) is 8.28. The molecule has 0 saturated carbocycles. The molecule has 1 N–H and O–H groups in total. The number of nitrogens with one attached hydrogen (secondary N) is 1. The largest absolute Gasteiger partial charge is 0.448 e. The number of nitrogens with zero attached hydrogens (tertiary/aromatic N) is 2. The van der Waals surface area contributed by atoms with Gasteiger partial charge >= 0.3 is 12.2 Å². The van der Waals surface area contributed by atoms with Crippen molar-refractivity contribution in [2.75, 3.05) is 26.2 Å². The van der Waals surface area contributed by atoms with E-state index in [2.05, 4.69) is 83.0 Å². The van der Waals surface area contributed by atoms with Gasteiger partial charge in [0.25, 0.3) is 0 Å². The number of alkyl carbamates (subject to hydrolysis) is 1. The van der Waals surface area contributed by atoms with Crippen LogP contribution in [0.15, 0.2) is 97.1 Å². The van der Waals surface area contributed by atoms with Crippen LogP contribution in [0, 0.1) is 0 Å². The number of hydrogen-bond donors (Lipinski definition) is 1. The van der Waals surface area contributed by atoms with Crippen molar-refractivity contribution in [1.29, 1.82) is 0 Å². The Bertz CT molecular complexity index is 1830. The average molecular weight is 604 g/mol. The first kappa shape index (κ1) is 30.4. The first-order valence-electron chi connectivity index (χ1n) is 15.7. The molecule has 5 aromatic carbocycles. The predicted octanol–water partition coefficient (Wildman–Crippen LogP) is 7.88. The van der Waals surface area contributed by atoms with Crippen LogP contribution < -0.4 is 5.32 Å². The molecule has 232 valence electrons. The molecule has 0 aliphatic carbocycles. The molecule has 2 amide bonds. The number of carbonyl (C=O) groups is 2. The Hall–Kier alpha value is -4.62. The Morgan fingerprint density at radius 3 is 2.31 bits per heavy atom. The van der Waals surface area contributed by atoms with Gasteiger partial charge in [-0.2, -0.15) is 0 Å². The second kappa shape index (κ2) is 13.2. The summed E-state index contributed by atoms with van der Waals surface area (Å²) in [5, 5.41) is 9.99. The van der Waals surface area contributed by atoms with Gasteiger partial charge in [-0.05, 0) is 82.8 Å². The lowest BCUT2D eigenvalue weighted by molar-refractivity contribution is 0.0190. The minimum atomic E-state index is -0.653. The van der Waals surface area contributed by atoms with E-state index in [1.165, 1.54) is 21.7 Å². The third-order valence-electron chi connectivity index (χ3n) is 8.28. The summed E-state index contributed by atoms with van der Waals surface area (Å²) in [6.45, 7) is 8.66. The van der Waals surface area contributed by atoms with Crippen molar-refractivity contribution in [2.45, 2.75) is 51.9 Å². The highest BCUT2D eigenvalue weighted by Gasteiger charge is 2.26. The molecule has 1 saturated heterocycles. The minimum absolute atomic E-state index is 0.0175. The van der Waals surface area contributed by atoms with Crippen LogP contribution in [0.1, 0.15) is 38.3 Å². The van der Waals surface area contributed by atoms with Crippen molar-refractivity contribution in [3.8, 4) is 0 Å². The van der Waals surface area contributed by atoms with Crippen molar-refractivity contribution in [3.63, 3.8) is 0 Å². The van der Waals surface area contributed by atoms with Gasteiger partial charge in [0.15, 0.2) is 0 Å². The summed E-state index contributed by atoms with van der Waals surface area (Å²) in [6.07, 6.45) is -0.0430. The molecule has 7 nitrogen and oxygen atoms in total. The smallest absolute Gasteiger partial charge is 0.410 e. The maximum Gasteiger partial charge on any atom is 0.410 e. The Morgan fingerprint density at radius 1 is 0.844 bits per heavy atom. The van der Waals surface area contributed by atoms with E-state index < -0.39 is 17.8 Å². The van der Waals surface area contributed by atoms with Crippen molar-refractivity contribution in [1.82, 2.24) is 15.1 Å². The van der Waals surface area contributed by atoms with E-state index in [-0.39, 0.29) is 19.2 Å². The fraction of sp³-hybridized carbons (Fsp3) is 0.316. The summed E-state index contributed by atoms with van der Waals surface area (Å²) >= 11 is 0. The predicted molar refractivity (Wildman–Crippen MR) is 180 cm³/mol. The molecule has 0 bridgehead atoms. The number of likely N-dealkylation sites (tertiary alicyclic amines) is 1. The maximum atomic E-state index is 13.3. The van der Waals surface area contributed by atoms with E-state index in [1.807, 2.05) is 45.0 Å². The summed E-state index contributed by atoms with van der Waals surface area (Å²) in [6, 6.07) is 33.6. The zero-order valence-electron chi connectivity index (χ0n) is 26.3. The second-order valence-corrected chi connectivity index (χ2v) is 12.9. The van der Waals surface area contributed by atoms with Crippen LogP contribution in [0.2, 0.25) is 0 Å². The molecule has 7 heteroatoms. The van der Waals surface area contributed by atoms with Gasteiger partial charge in [0, 0.05) is 32.2 Å². The lowest BCUT2D eigenvalue weighted by Crippen LogP contribution is -2.40. The van der Waals surface area contributed by atoms with Crippen LogP contribution in [-0.4, -0.2) is 59.9 Å². The highest BCUT2D eigenvalue weighted by atomic mass is 16.6. The Balaban J connectivity index is 1.06. The Labute approximate surface area is 264 Å². The first-order valence-corrected chi connectivity index (χ1v) is 15.7. The number of amides is 2. The summed E-state index contributed by atoms with van der Waals surface area (Å²) in [5.74, 6) is 0. The molecule has 0 spiro atoms. The van der Waals surface area contributed by atoms with Crippen molar-refractivity contribution in [3.05, 3.63) is 108 Å². The van der Waals surface area contributed by atoms with Crippen LogP contribution in [0.4, 0.5) is 9.59 Å². The van der Waals surface area contributed by atoms with E-state index in [0.29, 0.717) is 6.54 Å². The monoisotopic (exact) mass is 603 g/mol. The van der Waals surface area contributed by atoms with Crippen LogP contribution in [0.25, 0.3) is 32.3 Å². The number of benzene rings is 5. The van der Waals surface area contributed by atoms with E-state index in [4.69, 9.17) is 9.47 Å². The van der Waals surface area contributed by atoms with E-state index in [9.17, 15) is 9.59 Å². The maximum absolute atomic E-state index is 13.3. The van der Waals surface area contributed by atoms with E-state index in [0.717, 1.165) is 47.8 Å². The molecule has 6 rings (SSSR count). The molecular formula is C38H41N3O4. The molecule has 1 heterocycles. The van der Waals surface area contributed by atoms with Crippen LogP contribution in [0.3, 0.4) is 0 Å². The number of hydrogen-bond acceptors (Lipinski definition) is 5. The molecule has 1 atom stereocenters. The molecule has 1 aliphatic heterocycles. The number of carbonyl (C=O) groups excluding carboxylic acids is 2. The third kappa shape index (κ3) is 7.55. The van der Waals surface area contributed by atoms with Crippen molar-refractivity contribution >= 4 is 44.5 Å². The second-order valence-electron chi connectivity index (χ2n) is 12.9. The fourth-order valence-electron chi connectivity index (χ4n) is 6.18. The summed E-state index contributed by atoms with van der Waals surface area (Å²) < 4.78 is 11.3. The number of ether oxygens (including phenoxy) is 2. The van der Waals surface area contributed by atoms with E-state index >= 15 is 0 Å². The molecule has 0 radical (unpaired) electrons. The van der Waals surface area contributed by atoms with E-state index in [1.54, 1.807) is 4.90 Å². The van der Waals surface area contributed by atoms with Gasteiger partial charge < -0.3 is 19.7 Å². The van der Waals surface area contributed by atoms with Crippen molar-refractivity contribution < 1.29 is 19.1 Å². The van der Waals surface area contributed by atoms with Gasteiger partial charge in [-0.25, -0.2) is 9.59 Å². The van der Waals surface area contributed by atoms with Gasteiger partial charge in [0.1, 0.15) is 12.2 Å². The van der Waals surface area contributed by atoms with Gasteiger partial charge in [-0.3, -0.25) is 4.90 Å². The SMILES string of the molecule is CC(C)(C)OC(=O)N(CCOC(=O)NC1CCN(Cc2ccc3ccccc3c2)C1)Cc1cc2ccccc2c2ccccc12. The molecule has 1 fully saturated rings. The molecule has 45 heavy (non-hydrogen) atoms. The van der Waals surface area contributed by atoms with Crippen LogP contribution in [-0.2, 0) is 22.6 Å². The first-order chi connectivity index (χ1) is 21.7. The van der Waals surface area contributed by atoms with Crippen LogP contribution in [0.5, 0.6) is 0 Å². The molecule has 0 aromatic heterocycles. The number of fused-ring (bicyclic) bond motifs is 4. The normalized spacial score (nSPS) is 15.4. The van der Waals surface area contributed by atoms with Crippen LogP contribution >= 0.6 is 0 Å². The Morgan fingerprint density at radius 2 is 1.53 bits per heavy atom. The molecule has 1 aliphatic rings. The minimum Gasteiger partial charge on any atom is -0.448 e. The quantitative estimate of drug-likeness (QED) is 0.183. The van der Waals surface area contributed by atoms with Crippen molar-refractivity contribution in [2.24, 2.45) is 0 Å². The lowest BCUT2D eigenvalue weighted by atomic mass is 9.97. The lowest BCUT2D eigenvalue weighted by Gasteiger charge is -2.28. The fourth-order valence-corrected chi connectivity index (χ4v) is 6.18.